The van der Waals surface area contributed by atoms with Gasteiger partial charge in [0.25, 0.3) is 10.0 Å². The average Bonchev–Trinajstić information content (AvgIpc) is 3.03. The van der Waals surface area contributed by atoms with Crippen LogP contribution in [0.15, 0.2) is 108 Å². The van der Waals surface area contributed by atoms with Crippen molar-refractivity contribution in [3.63, 3.8) is 0 Å². The molecule has 1 atom stereocenters. The van der Waals surface area contributed by atoms with Crippen LogP contribution < -0.4 is 14.4 Å². The normalized spacial score (nSPS) is 12.0. The largest absolute Gasteiger partial charge is 0.497 e. The van der Waals surface area contributed by atoms with E-state index < -0.39 is 28.5 Å². The molecule has 4 aromatic rings. The SMILES string of the molecule is COc1ccc(S(=O)(=O)N(CC(=O)N(Cc2ccc(Cl)cc2)[C@H](Cc2ccccc2)C(=O)NC(C)C)c2ccc(Cl)cc2)cc1. The van der Waals surface area contributed by atoms with Gasteiger partial charge in [-0.3, -0.25) is 13.9 Å². The Bertz CT molecular complexity index is 1680. The molecule has 4 rings (SSSR count). The lowest BCUT2D eigenvalue weighted by molar-refractivity contribution is -0.140. The first kappa shape index (κ1) is 33.8. The number of carbonyl (C=O) groups excluding carboxylic acids is 2. The predicted molar refractivity (Wildman–Crippen MR) is 178 cm³/mol. The van der Waals surface area contributed by atoms with Crippen molar-refractivity contribution in [1.29, 1.82) is 0 Å². The second kappa shape index (κ2) is 15.3. The number of rotatable bonds is 13. The van der Waals surface area contributed by atoms with Gasteiger partial charge in [0.05, 0.1) is 17.7 Å². The third-order valence-corrected chi connectivity index (χ3v) is 9.30. The number of ether oxygens (including phenoxy) is 1. The van der Waals surface area contributed by atoms with E-state index in [1.165, 1.54) is 48.4 Å². The molecule has 4 aromatic carbocycles. The van der Waals surface area contributed by atoms with Crippen LogP contribution in [-0.4, -0.2) is 50.9 Å². The van der Waals surface area contributed by atoms with E-state index in [4.69, 9.17) is 27.9 Å². The van der Waals surface area contributed by atoms with Gasteiger partial charge in [-0.1, -0.05) is 65.7 Å². The Kier molecular flexibility index (Phi) is 11.5. The maximum absolute atomic E-state index is 14.4. The number of sulfonamides is 1. The second-order valence-corrected chi connectivity index (χ2v) is 13.4. The number of benzene rings is 4. The summed E-state index contributed by atoms with van der Waals surface area (Å²) in [6.45, 7) is 3.14. The Hall–Kier alpha value is -4.05. The number of hydrogen-bond acceptors (Lipinski definition) is 5. The molecule has 0 saturated heterocycles. The van der Waals surface area contributed by atoms with E-state index in [1.807, 2.05) is 44.2 Å². The maximum atomic E-state index is 14.4. The molecule has 0 aliphatic carbocycles. The molecule has 8 nitrogen and oxygen atoms in total. The minimum absolute atomic E-state index is 0.0336. The van der Waals surface area contributed by atoms with Gasteiger partial charge >= 0.3 is 0 Å². The summed E-state index contributed by atoms with van der Waals surface area (Å²) >= 11 is 12.3. The van der Waals surface area contributed by atoms with Crippen LogP contribution in [0.1, 0.15) is 25.0 Å². The summed E-state index contributed by atoms with van der Waals surface area (Å²) in [7, 11) is -2.77. The first-order chi connectivity index (χ1) is 21.5. The van der Waals surface area contributed by atoms with E-state index in [9.17, 15) is 18.0 Å². The topological polar surface area (TPSA) is 96.0 Å². The van der Waals surface area contributed by atoms with Gasteiger partial charge in [0.15, 0.2) is 0 Å². The molecular weight excluding hydrogens is 633 g/mol. The molecule has 0 bridgehead atoms. The third-order valence-electron chi connectivity index (χ3n) is 7.01. The Morgan fingerprint density at radius 1 is 0.800 bits per heavy atom. The molecular formula is C34H35Cl2N3O5S. The van der Waals surface area contributed by atoms with E-state index in [2.05, 4.69) is 5.32 Å². The van der Waals surface area contributed by atoms with Crippen molar-refractivity contribution in [3.8, 4) is 5.75 Å². The fourth-order valence-electron chi connectivity index (χ4n) is 4.73. The van der Waals surface area contributed by atoms with Crippen molar-refractivity contribution < 1.29 is 22.7 Å². The quantitative estimate of drug-likeness (QED) is 0.179. The van der Waals surface area contributed by atoms with Crippen molar-refractivity contribution in [2.45, 2.75) is 43.8 Å². The van der Waals surface area contributed by atoms with E-state index in [-0.39, 0.29) is 35.5 Å². The summed E-state index contributed by atoms with van der Waals surface area (Å²) in [4.78, 5) is 29.6. The van der Waals surface area contributed by atoms with Crippen LogP contribution in [0.25, 0.3) is 0 Å². The second-order valence-electron chi connectivity index (χ2n) is 10.7. The van der Waals surface area contributed by atoms with Gasteiger partial charge in [0.2, 0.25) is 11.8 Å². The highest BCUT2D eigenvalue weighted by molar-refractivity contribution is 7.92. The van der Waals surface area contributed by atoms with Crippen molar-refractivity contribution in [1.82, 2.24) is 10.2 Å². The molecule has 0 spiro atoms. The Morgan fingerprint density at radius 2 is 1.38 bits per heavy atom. The van der Waals surface area contributed by atoms with E-state index in [0.717, 1.165) is 15.4 Å². The van der Waals surface area contributed by atoms with Crippen LogP contribution in [0.3, 0.4) is 0 Å². The first-order valence-electron chi connectivity index (χ1n) is 14.3. The summed E-state index contributed by atoms with van der Waals surface area (Å²) in [5.41, 5.74) is 1.80. The zero-order chi connectivity index (χ0) is 32.6. The van der Waals surface area contributed by atoms with E-state index >= 15 is 0 Å². The van der Waals surface area contributed by atoms with Gasteiger partial charge in [-0.25, -0.2) is 8.42 Å². The molecule has 0 fully saturated rings. The zero-order valence-corrected chi connectivity index (χ0v) is 27.5. The average molecular weight is 669 g/mol. The van der Waals surface area contributed by atoms with Crippen LogP contribution in [-0.2, 0) is 32.6 Å². The molecule has 0 unspecified atom stereocenters. The van der Waals surface area contributed by atoms with E-state index in [0.29, 0.717) is 15.8 Å². The van der Waals surface area contributed by atoms with Crippen LogP contribution in [0.4, 0.5) is 5.69 Å². The van der Waals surface area contributed by atoms with Crippen LogP contribution in [0, 0.1) is 0 Å². The Balaban J connectivity index is 1.79. The number of halogens is 2. The van der Waals surface area contributed by atoms with Gasteiger partial charge in [-0.05, 0) is 85.6 Å². The molecule has 2 amide bonds. The summed E-state index contributed by atoms with van der Waals surface area (Å²) in [5, 5.41) is 3.87. The number of methoxy groups -OCH3 is 1. The van der Waals surface area contributed by atoms with Crippen LogP contribution in [0.5, 0.6) is 5.75 Å². The van der Waals surface area contributed by atoms with Gasteiger partial charge in [0, 0.05) is 29.1 Å². The summed E-state index contributed by atoms with van der Waals surface area (Å²) in [5.74, 6) is -0.443. The fourth-order valence-corrected chi connectivity index (χ4v) is 6.40. The van der Waals surface area contributed by atoms with Gasteiger partial charge in [0.1, 0.15) is 18.3 Å². The monoisotopic (exact) mass is 667 g/mol. The molecule has 0 aliphatic rings. The molecule has 0 radical (unpaired) electrons. The van der Waals surface area contributed by atoms with Crippen molar-refractivity contribution in [3.05, 3.63) is 124 Å². The lowest BCUT2D eigenvalue weighted by atomic mass is 10.0. The minimum Gasteiger partial charge on any atom is -0.497 e. The highest BCUT2D eigenvalue weighted by Gasteiger charge is 2.35. The third kappa shape index (κ3) is 9.00. The van der Waals surface area contributed by atoms with Gasteiger partial charge in [-0.15, -0.1) is 0 Å². The molecule has 0 aliphatic heterocycles. The van der Waals surface area contributed by atoms with Crippen molar-refractivity contribution in [2.24, 2.45) is 0 Å². The lowest BCUT2D eigenvalue weighted by Crippen LogP contribution is -2.54. The zero-order valence-electron chi connectivity index (χ0n) is 25.2. The number of nitrogens with zero attached hydrogens (tertiary/aromatic N) is 2. The molecule has 45 heavy (non-hydrogen) atoms. The standard InChI is InChI=1S/C34H35Cl2N3O5S/c1-24(2)37-34(41)32(21-25-7-5-4-6-8-25)38(22-26-9-11-27(35)12-10-26)33(40)23-39(29-15-13-28(36)14-16-29)45(42,43)31-19-17-30(44-3)18-20-31/h4-20,24,32H,21-23H2,1-3H3,(H,37,41)/t32-/m1/s1. The van der Waals surface area contributed by atoms with Crippen LogP contribution in [0.2, 0.25) is 10.0 Å². The number of nitrogens with one attached hydrogen (secondary N) is 1. The number of hydrogen-bond donors (Lipinski definition) is 1. The number of anilines is 1. The summed E-state index contributed by atoms with van der Waals surface area (Å²) < 4.78 is 34.4. The Labute approximate surface area is 274 Å². The number of carbonyl (C=O) groups is 2. The van der Waals surface area contributed by atoms with Gasteiger partial charge < -0.3 is 15.0 Å². The van der Waals surface area contributed by atoms with Gasteiger partial charge in [-0.2, -0.15) is 0 Å². The van der Waals surface area contributed by atoms with E-state index in [1.54, 1.807) is 36.4 Å². The molecule has 236 valence electrons. The highest BCUT2D eigenvalue weighted by Crippen LogP contribution is 2.27. The minimum atomic E-state index is -4.25. The molecule has 0 saturated carbocycles. The maximum Gasteiger partial charge on any atom is 0.264 e. The molecule has 1 N–H and O–H groups in total. The first-order valence-corrected chi connectivity index (χ1v) is 16.5. The Morgan fingerprint density at radius 3 is 1.93 bits per heavy atom. The smallest absolute Gasteiger partial charge is 0.264 e. The van der Waals surface area contributed by atoms with Crippen molar-refractivity contribution in [2.75, 3.05) is 18.0 Å². The number of amides is 2. The van der Waals surface area contributed by atoms with Crippen molar-refractivity contribution >= 4 is 50.7 Å². The summed E-state index contributed by atoms with van der Waals surface area (Å²) in [6.07, 6.45) is 0.213. The summed E-state index contributed by atoms with van der Waals surface area (Å²) in [6, 6.07) is 27.3. The van der Waals surface area contributed by atoms with Crippen LogP contribution >= 0.6 is 23.2 Å². The fraction of sp³-hybridized carbons (Fsp3) is 0.235. The molecule has 0 aromatic heterocycles. The lowest BCUT2D eigenvalue weighted by Gasteiger charge is -2.34. The molecule has 0 heterocycles. The molecule has 11 heteroatoms. The predicted octanol–water partition coefficient (Wildman–Crippen LogP) is 6.36. The highest BCUT2D eigenvalue weighted by atomic mass is 35.5.